The maximum atomic E-state index is 5.68. The number of aryl methyl sites for hydroxylation is 1. The van der Waals surface area contributed by atoms with Gasteiger partial charge in [-0.25, -0.2) is 4.98 Å². The third-order valence-electron chi connectivity index (χ3n) is 2.82. The number of imidazole rings is 1. The number of ether oxygens (including phenoxy) is 1. The number of hydrogen-bond acceptors (Lipinski definition) is 3. The maximum Gasteiger partial charge on any atom is 0.119 e. The monoisotopic (exact) mass is 275 g/mol. The standard InChI is InChI=1S/C14H17N3OS/c1-17-8-7-16-14(17)6-9-18-12-4-2-11(3-5-12)10-13(15)19/h2-5,7-8H,6,9-10H2,1H3,(H2,15,19). The Kier molecular flexibility index (Phi) is 4.52. The molecule has 0 saturated heterocycles. The number of aromatic nitrogens is 2. The van der Waals surface area contributed by atoms with Crippen LogP contribution in [0.25, 0.3) is 0 Å². The zero-order chi connectivity index (χ0) is 13.7. The summed E-state index contributed by atoms with van der Waals surface area (Å²) in [6.45, 7) is 0.611. The minimum atomic E-state index is 0.503. The van der Waals surface area contributed by atoms with Crippen LogP contribution in [0.15, 0.2) is 36.7 Å². The van der Waals surface area contributed by atoms with Crippen molar-refractivity contribution in [2.45, 2.75) is 12.8 Å². The van der Waals surface area contributed by atoms with Gasteiger partial charge in [0.1, 0.15) is 11.6 Å². The van der Waals surface area contributed by atoms with Gasteiger partial charge in [-0.2, -0.15) is 0 Å². The molecule has 0 unspecified atom stereocenters. The van der Waals surface area contributed by atoms with Crippen molar-refractivity contribution >= 4 is 17.2 Å². The van der Waals surface area contributed by atoms with Crippen molar-refractivity contribution in [1.82, 2.24) is 9.55 Å². The normalized spacial score (nSPS) is 10.4. The zero-order valence-electron chi connectivity index (χ0n) is 10.9. The van der Waals surface area contributed by atoms with Crippen LogP contribution in [-0.4, -0.2) is 21.1 Å². The van der Waals surface area contributed by atoms with Gasteiger partial charge in [-0.15, -0.1) is 0 Å². The molecule has 0 aliphatic carbocycles. The third kappa shape index (κ3) is 4.06. The third-order valence-corrected chi connectivity index (χ3v) is 2.96. The molecule has 0 radical (unpaired) electrons. The summed E-state index contributed by atoms with van der Waals surface area (Å²) in [5.74, 6) is 1.87. The Morgan fingerprint density at radius 3 is 2.68 bits per heavy atom. The highest BCUT2D eigenvalue weighted by Gasteiger charge is 2.01. The number of hydrogen-bond donors (Lipinski definition) is 1. The number of thiocarbonyl (C=S) groups is 1. The first-order valence-electron chi connectivity index (χ1n) is 6.11. The summed E-state index contributed by atoms with van der Waals surface area (Å²) in [5, 5.41) is 0. The van der Waals surface area contributed by atoms with Gasteiger partial charge in [-0.1, -0.05) is 24.4 Å². The van der Waals surface area contributed by atoms with Crippen molar-refractivity contribution in [3.63, 3.8) is 0 Å². The van der Waals surface area contributed by atoms with Crippen molar-refractivity contribution in [3.8, 4) is 5.75 Å². The molecular formula is C14H17N3OS. The molecule has 0 aliphatic heterocycles. The van der Waals surface area contributed by atoms with Crippen molar-refractivity contribution < 1.29 is 4.74 Å². The van der Waals surface area contributed by atoms with E-state index >= 15 is 0 Å². The molecule has 1 aromatic carbocycles. The Balaban J connectivity index is 1.83. The van der Waals surface area contributed by atoms with Crippen molar-refractivity contribution in [2.24, 2.45) is 12.8 Å². The zero-order valence-corrected chi connectivity index (χ0v) is 11.7. The SMILES string of the molecule is Cn1ccnc1CCOc1ccc(CC(N)=S)cc1. The van der Waals surface area contributed by atoms with Crippen LogP contribution < -0.4 is 10.5 Å². The first-order valence-corrected chi connectivity index (χ1v) is 6.52. The molecule has 19 heavy (non-hydrogen) atoms. The summed E-state index contributed by atoms with van der Waals surface area (Å²) in [6, 6.07) is 7.84. The summed E-state index contributed by atoms with van der Waals surface area (Å²) in [7, 11) is 1.98. The molecule has 1 heterocycles. The Bertz CT molecular complexity index is 548. The molecule has 0 atom stereocenters. The number of rotatable bonds is 6. The lowest BCUT2D eigenvalue weighted by molar-refractivity contribution is 0.317. The number of nitrogens with two attached hydrogens (primary N) is 1. The van der Waals surface area contributed by atoms with E-state index < -0.39 is 0 Å². The van der Waals surface area contributed by atoms with E-state index in [0.29, 0.717) is 18.0 Å². The Hall–Kier alpha value is -1.88. The minimum absolute atomic E-state index is 0.503. The predicted octanol–water partition coefficient (Wildman–Crippen LogP) is 1.87. The smallest absolute Gasteiger partial charge is 0.119 e. The molecular weight excluding hydrogens is 258 g/mol. The van der Waals surface area contributed by atoms with Crippen molar-refractivity contribution in [2.75, 3.05) is 6.61 Å². The van der Waals surface area contributed by atoms with E-state index in [9.17, 15) is 0 Å². The van der Waals surface area contributed by atoms with Crippen molar-refractivity contribution in [3.05, 3.63) is 48.0 Å². The van der Waals surface area contributed by atoms with E-state index in [-0.39, 0.29) is 0 Å². The van der Waals surface area contributed by atoms with Crippen LogP contribution >= 0.6 is 12.2 Å². The molecule has 0 amide bonds. The van der Waals surface area contributed by atoms with Gasteiger partial charge in [0.05, 0.1) is 11.6 Å². The first kappa shape index (κ1) is 13.5. The number of nitrogens with zero attached hydrogens (tertiary/aromatic N) is 2. The molecule has 5 heteroatoms. The summed E-state index contributed by atoms with van der Waals surface area (Å²) in [4.78, 5) is 4.75. The second kappa shape index (κ2) is 6.33. The summed E-state index contributed by atoms with van der Waals surface area (Å²) in [6.07, 6.45) is 5.14. The largest absolute Gasteiger partial charge is 0.493 e. The fourth-order valence-corrected chi connectivity index (χ4v) is 1.97. The Labute approximate surface area is 118 Å². The lowest BCUT2D eigenvalue weighted by atomic mass is 10.1. The van der Waals surface area contributed by atoms with Crippen LogP contribution in [0.2, 0.25) is 0 Å². The van der Waals surface area contributed by atoms with E-state index in [2.05, 4.69) is 4.98 Å². The maximum absolute atomic E-state index is 5.68. The fourth-order valence-electron chi connectivity index (χ4n) is 1.80. The van der Waals surface area contributed by atoms with Crippen LogP contribution in [0.4, 0.5) is 0 Å². The molecule has 0 fully saturated rings. The van der Waals surface area contributed by atoms with Crippen LogP contribution in [0, 0.1) is 0 Å². The highest BCUT2D eigenvalue weighted by atomic mass is 32.1. The predicted molar refractivity (Wildman–Crippen MR) is 79.3 cm³/mol. The van der Waals surface area contributed by atoms with Gasteiger partial charge >= 0.3 is 0 Å². The molecule has 1 aromatic heterocycles. The molecule has 100 valence electrons. The van der Waals surface area contributed by atoms with Gasteiger partial charge in [-0.3, -0.25) is 0 Å². The van der Waals surface area contributed by atoms with Crippen LogP contribution in [-0.2, 0) is 19.9 Å². The van der Waals surface area contributed by atoms with E-state index in [1.807, 2.05) is 42.1 Å². The van der Waals surface area contributed by atoms with Gasteiger partial charge in [0.25, 0.3) is 0 Å². The average molecular weight is 275 g/mol. The van der Waals surface area contributed by atoms with Crippen LogP contribution in [0.3, 0.4) is 0 Å². The van der Waals surface area contributed by atoms with Gasteiger partial charge in [-0.05, 0) is 17.7 Å². The lowest BCUT2D eigenvalue weighted by Crippen LogP contribution is -2.11. The van der Waals surface area contributed by atoms with Crippen LogP contribution in [0.1, 0.15) is 11.4 Å². The average Bonchev–Trinajstić information content (AvgIpc) is 2.77. The van der Waals surface area contributed by atoms with E-state index in [1.54, 1.807) is 6.20 Å². The van der Waals surface area contributed by atoms with Gasteiger partial charge in [0.15, 0.2) is 0 Å². The van der Waals surface area contributed by atoms with Crippen molar-refractivity contribution in [1.29, 1.82) is 0 Å². The fraction of sp³-hybridized carbons (Fsp3) is 0.286. The second-order valence-corrected chi connectivity index (χ2v) is 4.86. The van der Waals surface area contributed by atoms with Crippen LogP contribution in [0.5, 0.6) is 5.75 Å². The van der Waals surface area contributed by atoms with E-state index in [4.69, 9.17) is 22.7 Å². The summed E-state index contributed by atoms with van der Waals surface area (Å²) in [5.41, 5.74) is 6.60. The molecule has 4 nitrogen and oxygen atoms in total. The topological polar surface area (TPSA) is 53.1 Å². The van der Waals surface area contributed by atoms with Gasteiger partial charge < -0.3 is 15.0 Å². The molecule has 0 bridgehead atoms. The van der Waals surface area contributed by atoms with Gasteiger partial charge in [0.2, 0.25) is 0 Å². The molecule has 2 aromatic rings. The molecule has 0 aliphatic rings. The molecule has 2 N–H and O–H groups in total. The summed E-state index contributed by atoms with van der Waals surface area (Å²) >= 11 is 4.88. The Morgan fingerprint density at radius 1 is 1.37 bits per heavy atom. The Morgan fingerprint density at radius 2 is 2.11 bits per heavy atom. The quantitative estimate of drug-likeness (QED) is 0.818. The highest BCUT2D eigenvalue weighted by molar-refractivity contribution is 7.80. The number of benzene rings is 1. The summed E-state index contributed by atoms with van der Waals surface area (Å²) < 4.78 is 7.67. The molecule has 0 saturated carbocycles. The lowest BCUT2D eigenvalue weighted by Gasteiger charge is -2.07. The van der Waals surface area contributed by atoms with E-state index in [1.165, 1.54) is 0 Å². The first-order chi connectivity index (χ1) is 9.15. The molecule has 2 rings (SSSR count). The minimum Gasteiger partial charge on any atom is -0.493 e. The van der Waals surface area contributed by atoms with E-state index in [0.717, 1.165) is 23.6 Å². The second-order valence-electron chi connectivity index (χ2n) is 4.34. The highest BCUT2D eigenvalue weighted by Crippen LogP contribution is 2.13. The molecule has 0 spiro atoms. The van der Waals surface area contributed by atoms with Gasteiger partial charge in [0, 0.05) is 32.3 Å².